The molecule has 1 amide bonds. The van der Waals surface area contributed by atoms with Crippen molar-refractivity contribution in [3.63, 3.8) is 0 Å². The summed E-state index contributed by atoms with van der Waals surface area (Å²) in [5.41, 5.74) is -0.225. The Labute approximate surface area is 138 Å². The van der Waals surface area contributed by atoms with Gasteiger partial charge in [0.2, 0.25) is 5.69 Å². The lowest BCUT2D eigenvalue weighted by molar-refractivity contribution is -0.137. The summed E-state index contributed by atoms with van der Waals surface area (Å²) in [6.45, 7) is 0. The zero-order chi connectivity index (χ0) is 18.0. The molecule has 0 bridgehead atoms. The Morgan fingerprint density at radius 1 is 1.00 bits per heavy atom. The molecular formula is C16H10F3N3O3. The summed E-state index contributed by atoms with van der Waals surface area (Å²) in [7, 11) is 0. The predicted molar refractivity (Wildman–Crippen MR) is 82.0 cm³/mol. The minimum Gasteiger partial charge on any atom is -0.320 e. The first kappa shape index (κ1) is 16.5. The molecule has 3 aromatic rings. The Hall–Kier alpha value is -3.36. The van der Waals surface area contributed by atoms with E-state index in [-0.39, 0.29) is 0 Å². The van der Waals surface area contributed by atoms with E-state index in [9.17, 15) is 22.8 Å². The molecule has 0 saturated heterocycles. The molecular weight excluding hydrogens is 339 g/mol. The second kappa shape index (κ2) is 6.27. The van der Waals surface area contributed by atoms with Crippen LogP contribution in [0.15, 0.2) is 58.0 Å². The van der Waals surface area contributed by atoms with Crippen molar-refractivity contribution in [2.45, 2.75) is 6.18 Å². The van der Waals surface area contributed by atoms with Gasteiger partial charge in [0.1, 0.15) is 0 Å². The minimum absolute atomic E-state index is 0.392. The number of benzene rings is 2. The lowest BCUT2D eigenvalue weighted by Gasteiger charge is -2.08. The maximum Gasteiger partial charge on any atom is 0.416 e. The van der Waals surface area contributed by atoms with Crippen molar-refractivity contribution < 1.29 is 22.6 Å². The van der Waals surface area contributed by atoms with E-state index in [0.717, 1.165) is 12.1 Å². The number of hydrogen-bond acceptors (Lipinski definition) is 4. The highest BCUT2D eigenvalue weighted by Crippen LogP contribution is 2.31. The van der Waals surface area contributed by atoms with Crippen molar-refractivity contribution in [3.8, 4) is 11.1 Å². The molecule has 9 heteroatoms. The number of amides is 1. The number of H-pyrrole nitrogens is 1. The van der Waals surface area contributed by atoms with E-state index in [0.29, 0.717) is 16.8 Å². The number of carbonyl (C=O) groups is 1. The molecule has 2 N–H and O–H groups in total. The number of rotatable bonds is 3. The first-order valence-corrected chi connectivity index (χ1v) is 6.98. The zero-order valence-electron chi connectivity index (χ0n) is 12.4. The van der Waals surface area contributed by atoms with Crippen LogP contribution in [0.1, 0.15) is 16.1 Å². The van der Waals surface area contributed by atoms with Gasteiger partial charge in [0.05, 0.1) is 5.56 Å². The molecule has 0 unspecified atom stereocenters. The monoisotopic (exact) mass is 349 g/mol. The van der Waals surface area contributed by atoms with Crippen LogP contribution in [0.25, 0.3) is 11.1 Å². The number of halogens is 3. The summed E-state index contributed by atoms with van der Waals surface area (Å²) in [5, 5.41) is 7.62. The second-order valence-electron chi connectivity index (χ2n) is 5.07. The summed E-state index contributed by atoms with van der Waals surface area (Å²) in [6, 6.07) is 11.1. The van der Waals surface area contributed by atoms with E-state index in [1.54, 1.807) is 24.3 Å². The van der Waals surface area contributed by atoms with E-state index >= 15 is 0 Å². The van der Waals surface area contributed by atoms with Gasteiger partial charge in [0.25, 0.3) is 5.91 Å². The summed E-state index contributed by atoms with van der Waals surface area (Å²) < 4.78 is 42.0. The number of carbonyl (C=O) groups excluding carboxylic acids is 1. The number of aromatic amines is 1. The van der Waals surface area contributed by atoms with Gasteiger partial charge in [-0.2, -0.15) is 18.3 Å². The molecule has 2 aromatic carbocycles. The summed E-state index contributed by atoms with van der Waals surface area (Å²) in [6.07, 6.45) is -4.38. The third-order valence-electron chi connectivity index (χ3n) is 3.39. The quantitative estimate of drug-likeness (QED) is 0.759. The molecule has 0 saturated carbocycles. The lowest BCUT2D eigenvalue weighted by atomic mass is 10.0. The Bertz CT molecular complexity index is 941. The van der Waals surface area contributed by atoms with Gasteiger partial charge in [-0.3, -0.25) is 14.2 Å². The van der Waals surface area contributed by atoms with Crippen LogP contribution in [0.2, 0.25) is 0 Å². The van der Waals surface area contributed by atoms with E-state index in [4.69, 9.17) is 0 Å². The smallest absolute Gasteiger partial charge is 0.320 e. The number of alkyl halides is 3. The molecule has 0 fully saturated rings. The van der Waals surface area contributed by atoms with Crippen molar-refractivity contribution in [1.29, 1.82) is 0 Å². The molecule has 6 nitrogen and oxygen atoms in total. The molecule has 1 aromatic heterocycles. The first-order chi connectivity index (χ1) is 11.8. The molecule has 0 spiro atoms. The van der Waals surface area contributed by atoms with Gasteiger partial charge in [0.15, 0.2) is 0 Å². The Balaban J connectivity index is 1.75. The van der Waals surface area contributed by atoms with Gasteiger partial charge in [-0.1, -0.05) is 24.3 Å². The number of hydrogen-bond donors (Lipinski definition) is 2. The largest absolute Gasteiger partial charge is 0.416 e. The Morgan fingerprint density at radius 2 is 1.56 bits per heavy atom. The third-order valence-corrected chi connectivity index (χ3v) is 3.39. The fraction of sp³-hybridized carbons (Fsp3) is 0.0625. The van der Waals surface area contributed by atoms with Gasteiger partial charge in [-0.25, -0.2) is 0 Å². The number of aromatic nitrogens is 2. The van der Waals surface area contributed by atoms with Crippen LogP contribution in [0, 0.1) is 0 Å². The van der Waals surface area contributed by atoms with Crippen LogP contribution in [0.4, 0.5) is 18.9 Å². The van der Waals surface area contributed by atoms with Gasteiger partial charge in [-0.05, 0) is 40.5 Å². The first-order valence-electron chi connectivity index (χ1n) is 6.98. The van der Waals surface area contributed by atoms with Gasteiger partial charge < -0.3 is 5.32 Å². The highest BCUT2D eigenvalue weighted by molar-refractivity contribution is 6.02. The molecule has 25 heavy (non-hydrogen) atoms. The molecule has 3 rings (SSSR count). The molecule has 0 radical (unpaired) electrons. The van der Waals surface area contributed by atoms with Crippen LogP contribution in [0.3, 0.4) is 0 Å². The van der Waals surface area contributed by atoms with Crippen molar-refractivity contribution in [2.75, 3.05) is 5.32 Å². The summed E-state index contributed by atoms with van der Waals surface area (Å²) in [4.78, 5) is 23.1. The van der Waals surface area contributed by atoms with Crippen LogP contribution in [-0.4, -0.2) is 16.2 Å². The minimum atomic E-state index is -4.38. The van der Waals surface area contributed by atoms with Crippen molar-refractivity contribution in [2.24, 2.45) is 0 Å². The van der Waals surface area contributed by atoms with Crippen molar-refractivity contribution >= 4 is 11.6 Å². The van der Waals surface area contributed by atoms with Crippen LogP contribution in [-0.2, 0) is 6.18 Å². The van der Waals surface area contributed by atoms with E-state index in [1.807, 2.05) is 5.16 Å². The molecule has 0 aliphatic rings. The SMILES string of the molecule is O=C(Nc1ccc(-c2ccc(C(F)(F)F)cc2)cc1)c1no[nH]c1=O. The van der Waals surface area contributed by atoms with Gasteiger partial charge in [0, 0.05) is 5.69 Å². The maximum atomic E-state index is 12.6. The van der Waals surface area contributed by atoms with Crippen LogP contribution >= 0.6 is 0 Å². The number of anilines is 1. The average Bonchev–Trinajstić information content (AvgIpc) is 3.01. The fourth-order valence-electron chi connectivity index (χ4n) is 2.13. The average molecular weight is 349 g/mol. The second-order valence-corrected chi connectivity index (χ2v) is 5.07. The number of nitrogens with one attached hydrogen (secondary N) is 2. The maximum absolute atomic E-state index is 12.6. The standard InChI is InChI=1S/C16H10F3N3O3/c17-16(18,19)11-5-1-9(2-6-11)10-3-7-12(8-4-10)20-14(23)13-15(24)22-25-21-13/h1-8H,(H,20,23)(H,22,24). The highest BCUT2D eigenvalue weighted by Gasteiger charge is 2.29. The topological polar surface area (TPSA) is 88.0 Å². The fourth-order valence-corrected chi connectivity index (χ4v) is 2.13. The van der Waals surface area contributed by atoms with Crippen molar-refractivity contribution in [1.82, 2.24) is 10.3 Å². The Kier molecular flexibility index (Phi) is 4.14. The molecule has 0 aliphatic heterocycles. The predicted octanol–water partition coefficient (Wildman–Crippen LogP) is 3.30. The molecule has 128 valence electrons. The molecule has 0 aliphatic carbocycles. The normalized spacial score (nSPS) is 11.3. The van der Waals surface area contributed by atoms with Crippen LogP contribution in [0.5, 0.6) is 0 Å². The lowest BCUT2D eigenvalue weighted by Crippen LogP contribution is -2.20. The van der Waals surface area contributed by atoms with E-state index in [2.05, 4.69) is 15.1 Å². The third kappa shape index (κ3) is 3.60. The van der Waals surface area contributed by atoms with E-state index < -0.39 is 28.9 Å². The Morgan fingerprint density at radius 3 is 2.04 bits per heavy atom. The van der Waals surface area contributed by atoms with Crippen LogP contribution < -0.4 is 10.9 Å². The van der Waals surface area contributed by atoms with Gasteiger partial charge in [-0.15, -0.1) is 0 Å². The summed E-state index contributed by atoms with van der Waals surface area (Å²) >= 11 is 0. The van der Waals surface area contributed by atoms with Crippen molar-refractivity contribution in [3.05, 3.63) is 70.1 Å². The molecule has 0 atom stereocenters. The zero-order valence-corrected chi connectivity index (χ0v) is 12.4. The number of nitrogens with zero attached hydrogens (tertiary/aromatic N) is 1. The van der Waals surface area contributed by atoms with E-state index in [1.165, 1.54) is 12.1 Å². The summed E-state index contributed by atoms with van der Waals surface area (Å²) in [5.74, 6) is -0.739. The van der Waals surface area contributed by atoms with Gasteiger partial charge >= 0.3 is 11.7 Å². The molecule has 1 heterocycles. The highest BCUT2D eigenvalue weighted by atomic mass is 19.4.